The van der Waals surface area contributed by atoms with Crippen LogP contribution in [0.4, 0.5) is 0 Å². The van der Waals surface area contributed by atoms with Crippen LogP contribution in [0.1, 0.15) is 18.5 Å². The summed E-state index contributed by atoms with van der Waals surface area (Å²) in [5.74, 6) is 0.126. The van der Waals surface area contributed by atoms with Crippen LogP contribution in [0.3, 0.4) is 0 Å². The van der Waals surface area contributed by atoms with Crippen LogP contribution >= 0.6 is 0 Å². The topological polar surface area (TPSA) is 38.7 Å². The first-order chi connectivity index (χ1) is 6.77. The molecule has 0 aromatic heterocycles. The Bertz CT molecular complexity index is 319. The Labute approximate surface area is 83.4 Å². The fourth-order valence-electron chi connectivity index (χ4n) is 1.13. The van der Waals surface area contributed by atoms with Crippen molar-refractivity contribution in [2.24, 2.45) is 4.99 Å². The second-order valence-electron chi connectivity index (χ2n) is 2.88. The molecule has 1 aromatic rings. The smallest absolute Gasteiger partial charge is 0.250 e. The Morgan fingerprint density at radius 1 is 1.43 bits per heavy atom. The molecule has 0 fully saturated rings. The number of nitrogens with zero attached hydrogens (tertiary/aromatic N) is 1. The fraction of sp³-hybridized carbons (Fsp3) is 0.273. The lowest BCUT2D eigenvalue weighted by Crippen LogP contribution is -2.04. The van der Waals surface area contributed by atoms with Gasteiger partial charge < -0.3 is 4.74 Å². The molecule has 0 aliphatic carbocycles. The summed E-state index contributed by atoms with van der Waals surface area (Å²) in [6.45, 7) is 1.91. The molecule has 1 atom stereocenters. The highest BCUT2D eigenvalue weighted by Gasteiger charge is 2.04. The maximum absolute atomic E-state index is 10.4. The van der Waals surface area contributed by atoms with Gasteiger partial charge in [-0.2, -0.15) is 0 Å². The minimum absolute atomic E-state index is 0.0589. The van der Waals surface area contributed by atoms with Gasteiger partial charge in [-0.3, -0.25) is 4.79 Å². The summed E-state index contributed by atoms with van der Waals surface area (Å²) in [5.41, 5.74) is 1.06. The molecule has 3 nitrogen and oxygen atoms in total. The molecule has 0 amide bonds. The molecule has 0 aliphatic rings. The van der Waals surface area contributed by atoms with E-state index in [1.807, 2.05) is 37.3 Å². The number of aldehydes is 1. The van der Waals surface area contributed by atoms with Crippen LogP contribution in [0.2, 0.25) is 0 Å². The Hall–Kier alpha value is -1.64. The summed E-state index contributed by atoms with van der Waals surface area (Å²) in [4.78, 5) is 14.6. The minimum atomic E-state index is -0.0589. The van der Waals surface area contributed by atoms with Gasteiger partial charge in [-0.1, -0.05) is 30.3 Å². The number of methoxy groups -OCH3 is 1. The lowest BCUT2D eigenvalue weighted by Gasteiger charge is -2.06. The maximum Gasteiger partial charge on any atom is 0.250 e. The number of rotatable bonds is 3. The highest BCUT2D eigenvalue weighted by atomic mass is 16.5. The minimum Gasteiger partial charge on any atom is -0.479 e. The largest absolute Gasteiger partial charge is 0.479 e. The average Bonchev–Trinajstić information content (AvgIpc) is 2.26. The summed E-state index contributed by atoms with van der Waals surface area (Å²) in [7, 11) is 1.44. The molecule has 14 heavy (non-hydrogen) atoms. The van der Waals surface area contributed by atoms with Gasteiger partial charge in [0.15, 0.2) is 0 Å². The van der Waals surface area contributed by atoms with Gasteiger partial charge in [-0.25, -0.2) is 4.99 Å². The zero-order valence-corrected chi connectivity index (χ0v) is 8.31. The predicted octanol–water partition coefficient (Wildman–Crippen LogP) is 1.99. The molecule has 0 aliphatic heterocycles. The number of hydrogen-bond acceptors (Lipinski definition) is 3. The molecule has 0 spiro atoms. The molecule has 0 bridgehead atoms. The molecule has 3 heteroatoms. The van der Waals surface area contributed by atoms with E-state index in [-0.39, 0.29) is 11.9 Å². The van der Waals surface area contributed by atoms with Crippen molar-refractivity contribution in [3.63, 3.8) is 0 Å². The normalized spacial score (nSPS) is 13.4. The summed E-state index contributed by atoms with van der Waals surface area (Å²) >= 11 is 0. The number of benzene rings is 1. The van der Waals surface area contributed by atoms with Crippen molar-refractivity contribution in [1.29, 1.82) is 0 Å². The van der Waals surface area contributed by atoms with Gasteiger partial charge in [-0.15, -0.1) is 0 Å². The molecule has 0 heterocycles. The number of carbonyl (C=O) groups excluding carboxylic acids is 1. The van der Waals surface area contributed by atoms with E-state index in [4.69, 9.17) is 4.74 Å². The summed E-state index contributed by atoms with van der Waals surface area (Å²) in [6.07, 6.45) is 0.611. The van der Waals surface area contributed by atoms with Crippen LogP contribution in [0.15, 0.2) is 35.3 Å². The van der Waals surface area contributed by atoms with Crippen LogP contribution in [0.5, 0.6) is 0 Å². The second-order valence-corrected chi connectivity index (χ2v) is 2.88. The van der Waals surface area contributed by atoms with Crippen LogP contribution < -0.4 is 0 Å². The SMILES string of the molecule is COC(C=O)=NC(C)c1ccccc1. The molecule has 1 aromatic carbocycles. The first-order valence-corrected chi connectivity index (χ1v) is 4.40. The first-order valence-electron chi connectivity index (χ1n) is 4.40. The molecule has 0 radical (unpaired) electrons. The van der Waals surface area contributed by atoms with E-state index in [9.17, 15) is 4.79 Å². The van der Waals surface area contributed by atoms with Gasteiger partial charge in [-0.05, 0) is 12.5 Å². The van der Waals surface area contributed by atoms with Crippen molar-refractivity contribution in [2.75, 3.05) is 7.11 Å². The van der Waals surface area contributed by atoms with Crippen molar-refractivity contribution in [3.8, 4) is 0 Å². The van der Waals surface area contributed by atoms with Crippen molar-refractivity contribution in [3.05, 3.63) is 35.9 Å². The van der Waals surface area contributed by atoms with Gasteiger partial charge in [0.2, 0.25) is 12.2 Å². The van der Waals surface area contributed by atoms with Crippen molar-refractivity contribution < 1.29 is 9.53 Å². The van der Waals surface area contributed by atoms with E-state index < -0.39 is 0 Å². The van der Waals surface area contributed by atoms with E-state index >= 15 is 0 Å². The Kier molecular flexibility index (Phi) is 3.85. The Morgan fingerprint density at radius 3 is 2.57 bits per heavy atom. The van der Waals surface area contributed by atoms with Crippen molar-refractivity contribution in [1.82, 2.24) is 0 Å². The first kappa shape index (κ1) is 10.4. The third kappa shape index (κ3) is 2.69. The van der Waals surface area contributed by atoms with Gasteiger partial charge >= 0.3 is 0 Å². The highest BCUT2D eigenvalue weighted by molar-refractivity contribution is 6.23. The quantitative estimate of drug-likeness (QED) is 0.416. The van der Waals surface area contributed by atoms with Crippen molar-refractivity contribution >= 4 is 12.2 Å². The molecule has 0 saturated heterocycles. The molecule has 1 rings (SSSR count). The van der Waals surface area contributed by atoms with Gasteiger partial charge in [0.25, 0.3) is 0 Å². The van der Waals surface area contributed by atoms with Gasteiger partial charge in [0, 0.05) is 0 Å². The zero-order valence-electron chi connectivity index (χ0n) is 8.31. The number of hydrogen-bond donors (Lipinski definition) is 0. The maximum atomic E-state index is 10.4. The van der Waals surface area contributed by atoms with Crippen LogP contribution in [0.25, 0.3) is 0 Å². The fourth-order valence-corrected chi connectivity index (χ4v) is 1.13. The number of carbonyl (C=O) groups is 1. The Morgan fingerprint density at radius 2 is 2.07 bits per heavy atom. The average molecular weight is 191 g/mol. The van der Waals surface area contributed by atoms with Crippen LogP contribution in [-0.2, 0) is 9.53 Å². The van der Waals surface area contributed by atoms with Crippen molar-refractivity contribution in [2.45, 2.75) is 13.0 Å². The molecule has 1 unspecified atom stereocenters. The van der Waals surface area contributed by atoms with Crippen LogP contribution in [-0.4, -0.2) is 19.3 Å². The van der Waals surface area contributed by atoms with E-state index in [0.717, 1.165) is 5.56 Å². The van der Waals surface area contributed by atoms with Gasteiger partial charge in [0.05, 0.1) is 13.2 Å². The third-order valence-electron chi connectivity index (χ3n) is 1.91. The van der Waals surface area contributed by atoms with Gasteiger partial charge in [0.1, 0.15) is 0 Å². The van der Waals surface area contributed by atoms with E-state index in [1.165, 1.54) is 7.11 Å². The monoisotopic (exact) mass is 191 g/mol. The number of ether oxygens (including phenoxy) is 1. The molecule has 74 valence electrons. The Balaban J connectivity index is 2.81. The van der Waals surface area contributed by atoms with E-state index in [2.05, 4.69) is 4.99 Å². The number of aliphatic imine (C=N–C) groups is 1. The zero-order chi connectivity index (χ0) is 10.4. The summed E-state index contributed by atoms with van der Waals surface area (Å²) in [5, 5.41) is 0. The standard InChI is InChI=1S/C11H13NO2/c1-9(12-11(8-13)14-2)10-6-4-3-5-7-10/h3-9H,1-2H3. The van der Waals surface area contributed by atoms with E-state index in [0.29, 0.717) is 6.29 Å². The third-order valence-corrected chi connectivity index (χ3v) is 1.91. The lowest BCUT2D eigenvalue weighted by atomic mass is 10.1. The molecule has 0 N–H and O–H groups in total. The highest BCUT2D eigenvalue weighted by Crippen LogP contribution is 2.15. The molecule has 0 saturated carbocycles. The molecular formula is C11H13NO2. The predicted molar refractivity (Wildman–Crippen MR) is 55.4 cm³/mol. The second kappa shape index (κ2) is 5.17. The summed E-state index contributed by atoms with van der Waals surface area (Å²) in [6, 6.07) is 9.69. The summed E-state index contributed by atoms with van der Waals surface area (Å²) < 4.78 is 4.77. The molecular weight excluding hydrogens is 178 g/mol. The van der Waals surface area contributed by atoms with Crippen LogP contribution in [0, 0.1) is 0 Å². The van der Waals surface area contributed by atoms with E-state index in [1.54, 1.807) is 0 Å². The lowest BCUT2D eigenvalue weighted by molar-refractivity contribution is -0.103.